The van der Waals surface area contributed by atoms with Crippen LogP contribution in [0.4, 0.5) is 11.4 Å². The van der Waals surface area contributed by atoms with Gasteiger partial charge in [-0.05, 0) is 54.2 Å². The Morgan fingerprint density at radius 2 is 1.82 bits per heavy atom. The molecule has 0 N–H and O–H groups in total. The van der Waals surface area contributed by atoms with E-state index >= 15 is 0 Å². The summed E-state index contributed by atoms with van der Waals surface area (Å²) in [5.74, 6) is -0.0779. The quantitative estimate of drug-likeness (QED) is 0.417. The van der Waals surface area contributed by atoms with Gasteiger partial charge >= 0.3 is 0 Å². The average molecular weight is 448 g/mol. The van der Waals surface area contributed by atoms with Crippen molar-refractivity contribution in [1.82, 2.24) is 4.90 Å². The van der Waals surface area contributed by atoms with Crippen molar-refractivity contribution in [1.29, 1.82) is 0 Å². The van der Waals surface area contributed by atoms with Crippen molar-refractivity contribution in [2.24, 2.45) is 4.99 Å². The molecule has 0 saturated carbocycles. The highest BCUT2D eigenvalue weighted by molar-refractivity contribution is 8.19. The zero-order valence-electron chi connectivity index (χ0n) is 14.9. The second kappa shape index (κ2) is 7.87. The van der Waals surface area contributed by atoms with Crippen LogP contribution < -0.4 is 4.90 Å². The van der Waals surface area contributed by atoms with Gasteiger partial charge < -0.3 is 4.90 Å². The molecule has 1 fully saturated rings. The highest BCUT2D eigenvalue weighted by atomic mass is 35.5. The number of benzene rings is 2. The maximum atomic E-state index is 13.1. The number of thioether (sulfide) groups is 2. The summed E-state index contributed by atoms with van der Waals surface area (Å²) in [5.41, 5.74) is 1.73. The average Bonchev–Trinajstić information content (AvgIpc) is 3.15. The molecule has 142 valence electrons. The molecule has 2 aliphatic rings. The third-order valence-electron chi connectivity index (χ3n) is 4.21. The van der Waals surface area contributed by atoms with E-state index in [1.54, 1.807) is 34.9 Å². The van der Waals surface area contributed by atoms with Gasteiger partial charge in [-0.3, -0.25) is 9.69 Å². The van der Waals surface area contributed by atoms with Crippen LogP contribution in [0.25, 0.3) is 0 Å². The van der Waals surface area contributed by atoms with Crippen molar-refractivity contribution < 1.29 is 4.79 Å². The zero-order chi connectivity index (χ0) is 19.8. The molecule has 1 amide bonds. The van der Waals surface area contributed by atoms with Crippen LogP contribution in [-0.2, 0) is 4.79 Å². The van der Waals surface area contributed by atoms with E-state index in [-0.39, 0.29) is 5.91 Å². The molecule has 0 aromatic heterocycles. The lowest BCUT2D eigenvalue weighted by Crippen LogP contribution is -2.29. The minimum atomic E-state index is -0.0779. The number of amides is 1. The molecular weight excluding hydrogens is 433 g/mol. The number of aliphatic imine (C=N–C) groups is 1. The van der Waals surface area contributed by atoms with E-state index < -0.39 is 0 Å². The number of hydrogen-bond acceptors (Lipinski definition) is 5. The minimum Gasteiger partial charge on any atom is -0.337 e. The van der Waals surface area contributed by atoms with E-state index in [0.717, 1.165) is 21.3 Å². The first-order valence-electron chi connectivity index (χ1n) is 8.38. The summed E-state index contributed by atoms with van der Waals surface area (Å²) < 4.78 is 0. The Balaban J connectivity index is 1.73. The van der Waals surface area contributed by atoms with Crippen molar-refractivity contribution in [3.63, 3.8) is 0 Å². The van der Waals surface area contributed by atoms with E-state index in [4.69, 9.17) is 23.2 Å². The van der Waals surface area contributed by atoms with Gasteiger partial charge in [-0.15, -0.1) is 6.58 Å². The Labute approximate surface area is 181 Å². The number of anilines is 1. The second-order valence-corrected chi connectivity index (χ2v) is 8.97. The predicted molar refractivity (Wildman–Crippen MR) is 121 cm³/mol. The van der Waals surface area contributed by atoms with Gasteiger partial charge in [-0.25, -0.2) is 4.99 Å². The first kappa shape index (κ1) is 19.5. The van der Waals surface area contributed by atoms with Gasteiger partial charge in [0.15, 0.2) is 5.17 Å². The first-order valence-corrected chi connectivity index (χ1v) is 10.8. The molecule has 1 saturated heterocycles. The third-order valence-corrected chi connectivity index (χ3v) is 7.13. The maximum absolute atomic E-state index is 13.1. The number of amidine groups is 1. The van der Waals surface area contributed by atoms with Crippen LogP contribution >= 0.6 is 46.7 Å². The summed E-state index contributed by atoms with van der Waals surface area (Å²) in [7, 11) is 1.94. The van der Waals surface area contributed by atoms with E-state index in [0.29, 0.717) is 26.7 Å². The molecule has 0 spiro atoms. The van der Waals surface area contributed by atoms with Crippen molar-refractivity contribution in [3.05, 3.63) is 75.1 Å². The van der Waals surface area contributed by atoms with Gasteiger partial charge in [0.05, 0.1) is 16.4 Å². The molecule has 0 bridgehead atoms. The molecule has 4 rings (SSSR count). The van der Waals surface area contributed by atoms with Gasteiger partial charge in [-0.1, -0.05) is 41.0 Å². The summed E-state index contributed by atoms with van der Waals surface area (Å²) in [6, 6.07) is 12.9. The topological polar surface area (TPSA) is 35.9 Å². The van der Waals surface area contributed by atoms with Crippen LogP contribution in [0, 0.1) is 0 Å². The monoisotopic (exact) mass is 447 g/mol. The molecule has 28 heavy (non-hydrogen) atoms. The number of rotatable bonds is 3. The fraction of sp³-hybridized carbons (Fsp3) is 0.100. The minimum absolute atomic E-state index is 0.0779. The molecular formula is C20H15Cl2N3OS2. The van der Waals surface area contributed by atoms with Crippen LogP contribution in [0.15, 0.2) is 74.9 Å². The highest BCUT2D eigenvalue weighted by Gasteiger charge is 2.38. The lowest BCUT2D eigenvalue weighted by atomic mass is 10.3. The highest BCUT2D eigenvalue weighted by Crippen LogP contribution is 2.50. The van der Waals surface area contributed by atoms with Crippen molar-refractivity contribution in [2.75, 3.05) is 18.5 Å². The number of hydrogen-bond donors (Lipinski definition) is 0. The lowest BCUT2D eigenvalue weighted by molar-refractivity contribution is -0.121. The van der Waals surface area contributed by atoms with Crippen LogP contribution in [0.2, 0.25) is 10.0 Å². The molecule has 2 aromatic rings. The van der Waals surface area contributed by atoms with E-state index in [1.165, 1.54) is 11.8 Å². The normalized spacial score (nSPS) is 20.2. The summed E-state index contributed by atoms with van der Waals surface area (Å²) in [5, 5.41) is 2.81. The van der Waals surface area contributed by atoms with Gasteiger partial charge in [-0.2, -0.15) is 0 Å². The molecule has 2 heterocycles. The molecule has 0 atom stereocenters. The van der Waals surface area contributed by atoms with E-state index in [9.17, 15) is 4.79 Å². The Hall–Kier alpha value is -1.86. The Morgan fingerprint density at radius 1 is 1.11 bits per heavy atom. The van der Waals surface area contributed by atoms with Gasteiger partial charge in [0, 0.05) is 28.5 Å². The molecule has 2 aromatic carbocycles. The number of carbonyl (C=O) groups excluding carboxylic acids is 1. The van der Waals surface area contributed by atoms with Crippen LogP contribution in [0.3, 0.4) is 0 Å². The van der Waals surface area contributed by atoms with Gasteiger partial charge in [0.2, 0.25) is 0 Å². The second-order valence-electron chi connectivity index (χ2n) is 6.08. The summed E-state index contributed by atoms with van der Waals surface area (Å²) in [4.78, 5) is 23.1. The largest absolute Gasteiger partial charge is 0.337 e. The molecule has 2 aliphatic heterocycles. The summed E-state index contributed by atoms with van der Waals surface area (Å²) in [6.07, 6.45) is 1.70. The summed E-state index contributed by atoms with van der Waals surface area (Å²) in [6.45, 7) is 4.16. The number of halogens is 2. The zero-order valence-corrected chi connectivity index (χ0v) is 18.0. The SMILES string of the molecule is C=CCN1C(=O)/C(=C2\Sc3ccc(Cl)cc3N2C)SC1=Nc1ccc(Cl)cc1. The van der Waals surface area contributed by atoms with E-state index in [1.807, 2.05) is 42.3 Å². The van der Waals surface area contributed by atoms with Crippen LogP contribution in [0.5, 0.6) is 0 Å². The molecule has 4 nitrogen and oxygen atoms in total. The van der Waals surface area contributed by atoms with Gasteiger partial charge in [0.1, 0.15) is 4.91 Å². The molecule has 0 radical (unpaired) electrons. The third kappa shape index (κ3) is 3.57. The predicted octanol–water partition coefficient (Wildman–Crippen LogP) is 6.15. The van der Waals surface area contributed by atoms with E-state index in [2.05, 4.69) is 11.6 Å². The standard InChI is InChI=1S/C20H15Cl2N3OS2/c1-3-10-25-18(26)17(28-20(25)23-14-7-4-12(21)5-8-14)19-24(2)15-11-13(22)6-9-16(15)27-19/h3-9,11H,1,10H2,2H3/b19-17+,23-20?. The van der Waals surface area contributed by atoms with Crippen molar-refractivity contribution >= 4 is 69.2 Å². The molecule has 0 aliphatic carbocycles. The number of fused-ring (bicyclic) bond motifs is 1. The smallest absolute Gasteiger partial charge is 0.269 e. The maximum Gasteiger partial charge on any atom is 0.269 e. The first-order chi connectivity index (χ1) is 13.5. The Bertz CT molecular complexity index is 1030. The van der Waals surface area contributed by atoms with Crippen molar-refractivity contribution in [2.45, 2.75) is 4.90 Å². The number of carbonyl (C=O) groups is 1. The molecule has 8 heteroatoms. The van der Waals surface area contributed by atoms with Crippen LogP contribution in [0.1, 0.15) is 0 Å². The Morgan fingerprint density at radius 3 is 2.54 bits per heavy atom. The summed E-state index contributed by atoms with van der Waals surface area (Å²) >= 11 is 15.0. The number of nitrogens with zero attached hydrogens (tertiary/aromatic N) is 3. The molecule has 0 unspecified atom stereocenters. The van der Waals surface area contributed by atoms with Crippen LogP contribution in [-0.4, -0.2) is 29.6 Å². The Kier molecular flexibility index (Phi) is 5.47. The van der Waals surface area contributed by atoms with Gasteiger partial charge in [0.25, 0.3) is 5.91 Å². The fourth-order valence-electron chi connectivity index (χ4n) is 2.85. The lowest BCUT2D eigenvalue weighted by Gasteiger charge is -2.15. The van der Waals surface area contributed by atoms with Crippen molar-refractivity contribution in [3.8, 4) is 0 Å². The fourth-order valence-corrected chi connectivity index (χ4v) is 5.48.